The fourth-order valence-corrected chi connectivity index (χ4v) is 3.97. The van der Waals surface area contributed by atoms with Gasteiger partial charge in [0.1, 0.15) is 11.8 Å². The van der Waals surface area contributed by atoms with Gasteiger partial charge in [-0.05, 0) is 62.9 Å². The molecule has 3 atom stereocenters. The van der Waals surface area contributed by atoms with Gasteiger partial charge in [0.25, 0.3) is 0 Å². The molecule has 0 saturated heterocycles. The van der Waals surface area contributed by atoms with Crippen LogP contribution in [0.1, 0.15) is 39.7 Å². The van der Waals surface area contributed by atoms with Gasteiger partial charge in [-0.2, -0.15) is 0 Å². The predicted molar refractivity (Wildman–Crippen MR) is 138 cm³/mol. The number of carbonyl (C=O) groups excluding carboxylic acids is 1. The molecule has 1 aromatic carbocycles. The van der Waals surface area contributed by atoms with Crippen LogP contribution in [0.4, 0.5) is 0 Å². The van der Waals surface area contributed by atoms with Crippen LogP contribution in [0.5, 0.6) is 5.75 Å². The van der Waals surface area contributed by atoms with E-state index in [0.717, 1.165) is 23.7 Å². The number of methoxy groups -OCH3 is 1. The van der Waals surface area contributed by atoms with Crippen molar-refractivity contribution in [2.75, 3.05) is 56.0 Å². The van der Waals surface area contributed by atoms with Crippen LogP contribution in [-0.2, 0) is 20.8 Å². The fourth-order valence-electron chi connectivity index (χ4n) is 3.97. The van der Waals surface area contributed by atoms with E-state index in [0.29, 0.717) is 18.9 Å². The summed E-state index contributed by atoms with van der Waals surface area (Å²) in [5.74, 6) is 1.71. The highest BCUT2D eigenvalue weighted by atomic mass is 16.7. The van der Waals surface area contributed by atoms with E-state index in [1.54, 1.807) is 12.1 Å². The highest BCUT2D eigenvalue weighted by Gasteiger charge is 2.31. The summed E-state index contributed by atoms with van der Waals surface area (Å²) in [6.45, 7) is 9.35. The Balaban J connectivity index is 2.62. The number of hydrogen-bond acceptors (Lipinski definition) is 6. The van der Waals surface area contributed by atoms with Crippen LogP contribution in [0.3, 0.4) is 0 Å². The Morgan fingerprint density at radius 1 is 1.06 bits per heavy atom. The second-order valence-electron chi connectivity index (χ2n) is 10.1. The lowest BCUT2D eigenvalue weighted by molar-refractivity contribution is -0.169. The molecule has 8 heteroatoms. The first-order valence-electron chi connectivity index (χ1n) is 11.8. The Bertz CT molecular complexity index is 778. The molecule has 0 N–H and O–H groups in total. The van der Waals surface area contributed by atoms with E-state index < -0.39 is 0 Å². The summed E-state index contributed by atoms with van der Waals surface area (Å²) in [6.07, 6.45) is 1.54. The summed E-state index contributed by atoms with van der Waals surface area (Å²) >= 11 is 0. The molecule has 0 aliphatic heterocycles. The number of carbonyl (C=O) groups is 1. The average molecular weight is 479 g/mol. The highest BCUT2D eigenvalue weighted by molar-refractivity contribution is 5.78. The quantitative estimate of drug-likeness (QED) is 0.197. The molecule has 0 bridgehead atoms. The van der Waals surface area contributed by atoms with Gasteiger partial charge in [-0.3, -0.25) is 19.5 Å². The summed E-state index contributed by atoms with van der Waals surface area (Å²) in [5, 5.41) is 1.73. The van der Waals surface area contributed by atoms with Crippen molar-refractivity contribution in [2.45, 2.75) is 52.7 Å². The topological polar surface area (TPSA) is 66.8 Å². The first kappa shape index (κ1) is 29.7. The van der Waals surface area contributed by atoms with Crippen LogP contribution >= 0.6 is 0 Å². The fraction of sp³-hybridized carbons (Fsp3) is 0.692. The number of rotatable bonds is 12. The molecule has 2 unspecified atom stereocenters. The van der Waals surface area contributed by atoms with Crippen LogP contribution in [0.15, 0.2) is 29.3 Å². The molecular weight excluding hydrogens is 432 g/mol. The first-order valence-corrected chi connectivity index (χ1v) is 11.8. The van der Waals surface area contributed by atoms with Crippen molar-refractivity contribution in [1.29, 1.82) is 0 Å². The van der Waals surface area contributed by atoms with Gasteiger partial charge >= 0.3 is 5.97 Å². The number of likely N-dealkylation sites (N-methyl/N-ethyl adjacent to an activating group) is 1. The number of nitrogens with zero attached hydrogens (tertiary/aromatic N) is 4. The van der Waals surface area contributed by atoms with Gasteiger partial charge in [0.05, 0.1) is 19.8 Å². The molecule has 0 saturated carbocycles. The van der Waals surface area contributed by atoms with Gasteiger partial charge in [0.2, 0.25) is 5.96 Å². The number of aliphatic imine (C=N–C) groups is 1. The minimum Gasteiger partial charge on any atom is -0.493 e. The van der Waals surface area contributed by atoms with Crippen LogP contribution < -0.4 is 4.74 Å². The molecule has 8 nitrogen and oxygen atoms in total. The third kappa shape index (κ3) is 9.14. The SMILES string of the molecule is CN=C(N(C)C)N(C)OC(C)C(C)(C)CC(C)COc1ccc(C[C@@H](C(=O)OC)N(C)C)cc1. The van der Waals surface area contributed by atoms with E-state index in [-0.39, 0.29) is 23.5 Å². The molecular formula is C26H46N4O4. The van der Waals surface area contributed by atoms with Crippen molar-refractivity contribution in [3.8, 4) is 5.75 Å². The van der Waals surface area contributed by atoms with Gasteiger partial charge < -0.3 is 14.4 Å². The summed E-state index contributed by atoms with van der Waals surface area (Å²) < 4.78 is 11.0. The Morgan fingerprint density at radius 2 is 1.65 bits per heavy atom. The van der Waals surface area contributed by atoms with Gasteiger partial charge in [-0.1, -0.05) is 32.9 Å². The Kier molecular flexibility index (Phi) is 11.8. The lowest BCUT2D eigenvalue weighted by atomic mass is 9.79. The number of hydrogen-bond donors (Lipinski definition) is 0. The lowest BCUT2D eigenvalue weighted by Crippen LogP contribution is -2.43. The maximum absolute atomic E-state index is 12.0. The third-order valence-corrected chi connectivity index (χ3v) is 6.16. The van der Waals surface area contributed by atoms with Gasteiger partial charge in [-0.15, -0.1) is 0 Å². The summed E-state index contributed by atoms with van der Waals surface area (Å²) in [6, 6.07) is 7.63. The lowest BCUT2D eigenvalue weighted by Gasteiger charge is -2.37. The van der Waals surface area contributed by atoms with Gasteiger partial charge in [0.15, 0.2) is 0 Å². The third-order valence-electron chi connectivity index (χ3n) is 6.16. The first-order chi connectivity index (χ1) is 15.8. The zero-order valence-corrected chi connectivity index (χ0v) is 23.1. The van der Waals surface area contributed by atoms with Crippen LogP contribution in [0.25, 0.3) is 0 Å². The second kappa shape index (κ2) is 13.5. The molecule has 34 heavy (non-hydrogen) atoms. The average Bonchev–Trinajstić information content (AvgIpc) is 2.75. The van der Waals surface area contributed by atoms with E-state index in [1.807, 2.05) is 69.3 Å². The second-order valence-corrected chi connectivity index (χ2v) is 10.1. The van der Waals surface area contributed by atoms with E-state index in [2.05, 4.69) is 32.7 Å². The molecule has 1 aromatic rings. The van der Waals surface area contributed by atoms with E-state index in [1.165, 1.54) is 7.11 Å². The standard InChI is InChI=1S/C26H46N4O4/c1-19(17-26(3,4)20(2)34-30(10)25(27-5)29(8)9)18-33-22-14-12-21(13-15-22)16-23(28(6)7)24(31)32-11/h12-15,19-20,23H,16-18H2,1-11H3/t19?,20?,23-/m0/s1. The highest BCUT2D eigenvalue weighted by Crippen LogP contribution is 2.32. The molecule has 0 fully saturated rings. The molecule has 194 valence electrons. The number of guanidine groups is 1. The molecule has 0 aliphatic rings. The molecule has 1 rings (SSSR count). The summed E-state index contributed by atoms with van der Waals surface area (Å²) in [5.41, 5.74) is 1.01. The van der Waals surface area contributed by atoms with Crippen molar-refractivity contribution in [1.82, 2.24) is 14.9 Å². The molecule has 0 aromatic heterocycles. The maximum Gasteiger partial charge on any atom is 0.323 e. The number of hydroxylamine groups is 2. The minimum absolute atomic E-state index is 0.00427. The smallest absolute Gasteiger partial charge is 0.323 e. The Hall–Kier alpha value is -2.32. The molecule has 0 heterocycles. The van der Waals surface area contributed by atoms with Crippen LogP contribution in [0, 0.1) is 11.3 Å². The van der Waals surface area contributed by atoms with Crippen LogP contribution in [0.2, 0.25) is 0 Å². The Morgan fingerprint density at radius 3 is 2.12 bits per heavy atom. The zero-order valence-electron chi connectivity index (χ0n) is 23.1. The van der Waals surface area contributed by atoms with Crippen molar-refractivity contribution < 1.29 is 19.1 Å². The van der Waals surface area contributed by atoms with E-state index >= 15 is 0 Å². The van der Waals surface area contributed by atoms with Gasteiger partial charge in [-0.25, -0.2) is 5.06 Å². The minimum atomic E-state index is -0.306. The van der Waals surface area contributed by atoms with E-state index in [4.69, 9.17) is 14.3 Å². The van der Waals surface area contributed by atoms with E-state index in [9.17, 15) is 4.79 Å². The maximum atomic E-state index is 12.0. The Labute approximate surface area is 206 Å². The molecule has 0 amide bonds. The van der Waals surface area contributed by atoms with Crippen molar-refractivity contribution >= 4 is 11.9 Å². The van der Waals surface area contributed by atoms with Crippen molar-refractivity contribution in [3.63, 3.8) is 0 Å². The largest absolute Gasteiger partial charge is 0.493 e. The summed E-state index contributed by atoms with van der Waals surface area (Å²) in [7, 11) is 12.7. The van der Waals surface area contributed by atoms with Crippen molar-refractivity contribution in [2.24, 2.45) is 16.3 Å². The molecule has 0 radical (unpaired) electrons. The zero-order chi connectivity index (χ0) is 26.1. The number of benzene rings is 1. The summed E-state index contributed by atoms with van der Waals surface area (Å²) in [4.78, 5) is 26.2. The number of esters is 1. The molecule has 0 spiro atoms. The predicted octanol–water partition coefficient (Wildman–Crippen LogP) is 3.56. The van der Waals surface area contributed by atoms with Gasteiger partial charge in [0, 0.05) is 28.2 Å². The molecule has 0 aliphatic carbocycles. The monoisotopic (exact) mass is 478 g/mol. The van der Waals surface area contributed by atoms with Crippen molar-refractivity contribution in [3.05, 3.63) is 29.8 Å². The normalized spacial score (nSPS) is 15.0. The number of ether oxygens (including phenoxy) is 2. The van der Waals surface area contributed by atoms with Crippen LogP contribution in [-0.4, -0.2) is 94.9 Å².